The van der Waals surface area contributed by atoms with E-state index in [0.717, 1.165) is 11.4 Å². The van der Waals surface area contributed by atoms with E-state index in [9.17, 15) is 14.7 Å². The van der Waals surface area contributed by atoms with Crippen molar-refractivity contribution in [3.8, 4) is 11.5 Å². The number of hydrogen-bond donors (Lipinski definition) is 1. The number of nitrogens with zero attached hydrogens (tertiary/aromatic N) is 2. The maximum atomic E-state index is 12.8. The lowest BCUT2D eigenvalue weighted by Crippen LogP contribution is -2.40. The summed E-state index contributed by atoms with van der Waals surface area (Å²) in [5.41, 5.74) is 0.658. The number of aromatic hydroxyl groups is 1. The lowest BCUT2D eigenvalue weighted by Gasteiger charge is -2.37. The lowest BCUT2D eigenvalue weighted by atomic mass is 9.63. The summed E-state index contributed by atoms with van der Waals surface area (Å²) >= 11 is 0. The first-order valence-electron chi connectivity index (χ1n) is 9.16. The Balaban J connectivity index is 1.40. The van der Waals surface area contributed by atoms with Crippen LogP contribution in [-0.4, -0.2) is 34.8 Å². The third-order valence-electron chi connectivity index (χ3n) is 6.25. The topological polar surface area (TPSA) is 79.2 Å². The third-order valence-corrected chi connectivity index (χ3v) is 6.25. The number of hydrazone groups is 1. The second-order valence-electron chi connectivity index (χ2n) is 7.55. The van der Waals surface area contributed by atoms with Gasteiger partial charge in [0.05, 0.1) is 24.7 Å². The van der Waals surface area contributed by atoms with Crippen LogP contribution >= 0.6 is 0 Å². The number of phenolic OH excluding ortho intramolecular Hbond substituents is 1. The monoisotopic (exact) mass is 352 g/mol. The van der Waals surface area contributed by atoms with Crippen molar-refractivity contribution in [2.24, 2.45) is 40.6 Å². The molecular formula is C20H20N2O4. The predicted molar refractivity (Wildman–Crippen MR) is 93.4 cm³/mol. The molecule has 26 heavy (non-hydrogen) atoms. The molecule has 6 atom stereocenters. The lowest BCUT2D eigenvalue weighted by molar-refractivity contribution is -0.140. The highest BCUT2D eigenvalue weighted by Gasteiger charge is 2.67. The molecule has 3 fully saturated rings. The Morgan fingerprint density at radius 2 is 1.85 bits per heavy atom. The molecule has 1 heterocycles. The minimum atomic E-state index is -0.239. The maximum Gasteiger partial charge on any atom is 0.254 e. The highest BCUT2D eigenvalue weighted by molar-refractivity contribution is 6.06. The van der Waals surface area contributed by atoms with Crippen molar-refractivity contribution in [1.29, 1.82) is 0 Å². The van der Waals surface area contributed by atoms with E-state index in [1.165, 1.54) is 12.3 Å². The zero-order chi connectivity index (χ0) is 18.0. The number of benzene rings is 1. The van der Waals surface area contributed by atoms with E-state index < -0.39 is 0 Å². The molecule has 2 saturated carbocycles. The number of allylic oxidation sites excluding steroid dienone is 2. The molecule has 4 aliphatic carbocycles. The molecule has 1 N–H and O–H groups in total. The first kappa shape index (κ1) is 15.6. The van der Waals surface area contributed by atoms with Crippen LogP contribution < -0.4 is 4.74 Å². The standard InChI is InChI=1S/C20H20N2O4/c1-2-26-16-7-10(3-6-15(16)23)9-21-22-19(24)17-11-4-5-12(14-8-13(11)14)18(17)20(22)25/h3-7,9,11-14,17-18,23H,2,8H2,1H3/b21-9-/t11-,12-,13-,14-,17+,18+/m0/s1. The third kappa shape index (κ3) is 2.08. The van der Waals surface area contributed by atoms with E-state index in [1.54, 1.807) is 12.1 Å². The molecule has 1 aliphatic heterocycles. The number of amides is 2. The molecule has 1 aromatic rings. The molecule has 2 amide bonds. The summed E-state index contributed by atoms with van der Waals surface area (Å²) in [7, 11) is 0. The minimum absolute atomic E-state index is 0.0465. The normalized spacial score (nSPS) is 36.6. The van der Waals surface area contributed by atoms with Crippen molar-refractivity contribution in [2.45, 2.75) is 13.3 Å². The fourth-order valence-electron chi connectivity index (χ4n) is 5.06. The van der Waals surface area contributed by atoms with Crippen LogP contribution in [0.4, 0.5) is 0 Å². The molecule has 0 spiro atoms. The van der Waals surface area contributed by atoms with Crippen LogP contribution in [0.5, 0.6) is 11.5 Å². The van der Waals surface area contributed by atoms with Crippen molar-refractivity contribution >= 4 is 18.0 Å². The van der Waals surface area contributed by atoms with Gasteiger partial charge in [-0.15, -0.1) is 0 Å². The quantitative estimate of drug-likeness (QED) is 0.512. The molecule has 0 aromatic heterocycles. The number of ether oxygens (including phenoxy) is 1. The Bertz CT molecular complexity index is 825. The van der Waals surface area contributed by atoms with Gasteiger partial charge in [-0.25, -0.2) is 0 Å². The van der Waals surface area contributed by atoms with E-state index in [-0.39, 0.29) is 41.2 Å². The van der Waals surface area contributed by atoms with Crippen molar-refractivity contribution in [3.63, 3.8) is 0 Å². The fraction of sp³-hybridized carbons (Fsp3) is 0.450. The van der Waals surface area contributed by atoms with Gasteiger partial charge >= 0.3 is 0 Å². The molecular weight excluding hydrogens is 332 g/mol. The number of carbonyl (C=O) groups excluding carboxylic acids is 2. The second-order valence-corrected chi connectivity index (χ2v) is 7.55. The van der Waals surface area contributed by atoms with Gasteiger partial charge in [0.25, 0.3) is 11.8 Å². The highest BCUT2D eigenvalue weighted by Crippen LogP contribution is 2.65. The number of carbonyl (C=O) groups is 2. The predicted octanol–water partition coefficient (Wildman–Crippen LogP) is 2.18. The molecule has 5 aliphatic rings. The Hall–Kier alpha value is -2.63. The van der Waals surface area contributed by atoms with E-state index in [2.05, 4.69) is 17.3 Å². The molecule has 0 unspecified atom stereocenters. The average Bonchev–Trinajstić information content (AvgIpc) is 3.42. The van der Waals surface area contributed by atoms with E-state index in [1.807, 2.05) is 6.92 Å². The van der Waals surface area contributed by atoms with Crippen LogP contribution in [0.2, 0.25) is 0 Å². The molecule has 134 valence electrons. The van der Waals surface area contributed by atoms with Crippen molar-refractivity contribution in [1.82, 2.24) is 5.01 Å². The summed E-state index contributed by atoms with van der Waals surface area (Å²) in [5.74, 6) is 1.13. The second kappa shape index (κ2) is 5.43. The zero-order valence-corrected chi connectivity index (χ0v) is 14.4. The Morgan fingerprint density at radius 1 is 1.19 bits per heavy atom. The van der Waals surface area contributed by atoms with E-state index in [4.69, 9.17) is 4.74 Å². The molecule has 1 aromatic carbocycles. The minimum Gasteiger partial charge on any atom is -0.504 e. The summed E-state index contributed by atoms with van der Waals surface area (Å²) in [6.45, 7) is 2.26. The number of phenols is 1. The van der Waals surface area contributed by atoms with Gasteiger partial charge in [0.1, 0.15) is 0 Å². The van der Waals surface area contributed by atoms with Gasteiger partial charge < -0.3 is 9.84 Å². The smallest absolute Gasteiger partial charge is 0.254 e. The van der Waals surface area contributed by atoms with Crippen LogP contribution in [0, 0.1) is 35.5 Å². The van der Waals surface area contributed by atoms with Crippen LogP contribution in [-0.2, 0) is 9.59 Å². The molecule has 6 nitrogen and oxygen atoms in total. The first-order valence-corrected chi connectivity index (χ1v) is 9.16. The van der Waals surface area contributed by atoms with Crippen molar-refractivity contribution in [3.05, 3.63) is 35.9 Å². The average molecular weight is 352 g/mol. The largest absolute Gasteiger partial charge is 0.504 e. The van der Waals surface area contributed by atoms with Crippen LogP contribution in [0.3, 0.4) is 0 Å². The van der Waals surface area contributed by atoms with Gasteiger partial charge in [-0.3, -0.25) is 9.59 Å². The van der Waals surface area contributed by atoms with Crippen LogP contribution in [0.1, 0.15) is 18.9 Å². The summed E-state index contributed by atoms with van der Waals surface area (Å²) < 4.78 is 5.35. The summed E-state index contributed by atoms with van der Waals surface area (Å²) in [6, 6.07) is 4.82. The SMILES string of the molecule is CCOc1cc(/C=N\N2C(=O)[C@@H]3[C@H]4C=C[C@@H]([C@@H]5C[C@@H]45)[C@H]3C2=O)ccc1O. The maximum absolute atomic E-state index is 12.8. The zero-order valence-electron chi connectivity index (χ0n) is 14.4. The first-order chi connectivity index (χ1) is 12.6. The molecule has 0 radical (unpaired) electrons. The molecule has 2 bridgehead atoms. The van der Waals surface area contributed by atoms with Gasteiger partial charge in [0.2, 0.25) is 0 Å². The Morgan fingerprint density at radius 3 is 2.46 bits per heavy atom. The highest BCUT2D eigenvalue weighted by atomic mass is 16.5. The van der Waals surface area contributed by atoms with Gasteiger partial charge in [0.15, 0.2) is 11.5 Å². The fourth-order valence-corrected chi connectivity index (χ4v) is 5.06. The van der Waals surface area contributed by atoms with Crippen molar-refractivity contribution in [2.75, 3.05) is 6.61 Å². The van der Waals surface area contributed by atoms with Crippen molar-refractivity contribution < 1.29 is 19.4 Å². The van der Waals surface area contributed by atoms with Crippen LogP contribution in [0.15, 0.2) is 35.5 Å². The molecule has 6 heteroatoms. The van der Waals surface area contributed by atoms with Gasteiger partial charge in [-0.1, -0.05) is 12.2 Å². The van der Waals surface area contributed by atoms with Gasteiger partial charge in [0, 0.05) is 0 Å². The Labute approximate surface area is 151 Å². The molecule has 6 rings (SSSR count). The summed E-state index contributed by atoms with van der Waals surface area (Å²) in [5, 5.41) is 15.0. The molecule has 1 saturated heterocycles. The van der Waals surface area contributed by atoms with Gasteiger partial charge in [-0.2, -0.15) is 10.1 Å². The Kier molecular flexibility index (Phi) is 3.26. The number of imide groups is 1. The van der Waals surface area contributed by atoms with E-state index in [0.29, 0.717) is 29.8 Å². The summed E-state index contributed by atoms with van der Waals surface area (Å²) in [4.78, 5) is 25.7. The van der Waals surface area contributed by atoms with Crippen LogP contribution in [0.25, 0.3) is 0 Å². The summed E-state index contributed by atoms with van der Waals surface area (Å²) in [6.07, 6.45) is 6.91. The number of rotatable bonds is 4. The van der Waals surface area contributed by atoms with E-state index >= 15 is 0 Å². The number of hydrogen-bond acceptors (Lipinski definition) is 5. The van der Waals surface area contributed by atoms with Gasteiger partial charge in [-0.05, 0) is 60.8 Å².